The molecule has 6 N–H and O–H groups in total. The maximum absolute atomic E-state index is 14.2. The number of para-hydroxylation sites is 1. The normalized spacial score (nSPS) is 27.8. The number of aromatic hydroxyl groups is 1. The van der Waals surface area contributed by atoms with Crippen LogP contribution in [0.25, 0.3) is 5.76 Å². The van der Waals surface area contributed by atoms with Crippen LogP contribution in [0.2, 0.25) is 0 Å². The van der Waals surface area contributed by atoms with Gasteiger partial charge in [-0.25, -0.2) is 0 Å². The number of fused-ring (bicyclic) bond motifs is 4. The summed E-state index contributed by atoms with van der Waals surface area (Å²) in [5.41, 5.74) is 4.88. The molecule has 11 heteroatoms. The van der Waals surface area contributed by atoms with E-state index in [4.69, 9.17) is 10.5 Å². The van der Waals surface area contributed by atoms with Gasteiger partial charge in [0.15, 0.2) is 11.4 Å². The van der Waals surface area contributed by atoms with Gasteiger partial charge in [-0.15, -0.1) is 0 Å². The molecule has 1 aliphatic heterocycles. The van der Waals surface area contributed by atoms with Crippen molar-refractivity contribution in [1.29, 1.82) is 0 Å². The predicted octanol–water partition coefficient (Wildman–Crippen LogP) is 1.82. The van der Waals surface area contributed by atoms with Crippen molar-refractivity contribution in [2.45, 2.75) is 37.3 Å². The zero-order valence-corrected chi connectivity index (χ0v) is 25.1. The van der Waals surface area contributed by atoms with Crippen molar-refractivity contribution in [3.63, 3.8) is 0 Å². The Morgan fingerprint density at radius 3 is 2.45 bits per heavy atom. The Balaban J connectivity index is 1.47. The number of phenols is 1. The number of phenolic OH excluding ortho intramolecular Hbond substituents is 1. The van der Waals surface area contributed by atoms with Gasteiger partial charge < -0.3 is 35.8 Å². The van der Waals surface area contributed by atoms with Gasteiger partial charge >= 0.3 is 0 Å². The molecule has 1 amide bonds. The number of Topliss-reactive ketones (excluding diaryl/α,β-unsaturated/α-hetero) is 2. The fourth-order valence-corrected chi connectivity index (χ4v) is 7.73. The number of likely N-dealkylation sites (N-methyl/N-ethyl adjacent to an activating group) is 1. The average Bonchev–Trinajstić information content (AvgIpc) is 2.95. The molecule has 5 atom stereocenters. The number of carbonyl (C=O) groups is 3. The number of amides is 1. The smallest absolute Gasteiger partial charge is 0.255 e. The summed E-state index contributed by atoms with van der Waals surface area (Å²) in [7, 11) is 6.86. The van der Waals surface area contributed by atoms with Crippen molar-refractivity contribution < 1.29 is 39.5 Å². The summed E-state index contributed by atoms with van der Waals surface area (Å²) in [6.07, 6.45) is 1.46. The molecule has 0 saturated heterocycles. The number of anilines is 1. The standard InChI is InChI=1S/C33H37N3O8/c1-35(2)21-13-18(10-15-9-16-7-5-6-8-22(16)44-14-15)27(37)24-19(21)11-17-12-20-26(36(3)4)29(39)25(32(34)42)31(41)33(20,43)30(40)23(17)28(24)38/h5-8,13,15,17,20,26,37-38,41,43H,9-12,14H2,1-4H3,(H2,34,42)/t15?,17-,20-,26?,33-/m0/s1. The number of carbonyl (C=O) groups excluding carboxylic acids is 3. The fraction of sp³-hybridized carbons (Fsp3) is 0.424. The summed E-state index contributed by atoms with van der Waals surface area (Å²) < 4.78 is 5.96. The van der Waals surface area contributed by atoms with Crippen LogP contribution in [0.15, 0.2) is 47.2 Å². The summed E-state index contributed by atoms with van der Waals surface area (Å²) in [5, 5.41) is 46.3. The molecule has 44 heavy (non-hydrogen) atoms. The lowest BCUT2D eigenvalue weighted by molar-refractivity contribution is -0.153. The first-order chi connectivity index (χ1) is 20.8. The van der Waals surface area contributed by atoms with Crippen LogP contribution in [0.5, 0.6) is 11.5 Å². The second-order valence-corrected chi connectivity index (χ2v) is 12.8. The highest BCUT2D eigenvalue weighted by atomic mass is 16.5. The second-order valence-electron chi connectivity index (χ2n) is 12.8. The number of hydrogen-bond acceptors (Lipinski definition) is 10. The van der Waals surface area contributed by atoms with Crippen LogP contribution in [0.4, 0.5) is 5.69 Å². The molecule has 1 fully saturated rings. The predicted molar refractivity (Wildman–Crippen MR) is 161 cm³/mol. The number of primary amides is 1. The van der Waals surface area contributed by atoms with E-state index in [1.165, 1.54) is 4.90 Å². The molecule has 1 saturated carbocycles. The van der Waals surface area contributed by atoms with Gasteiger partial charge in [0.25, 0.3) is 5.91 Å². The van der Waals surface area contributed by atoms with E-state index < -0.39 is 58.0 Å². The minimum absolute atomic E-state index is 0.0416. The highest BCUT2D eigenvalue weighted by molar-refractivity contribution is 6.24. The highest BCUT2D eigenvalue weighted by Crippen LogP contribution is 2.54. The third kappa shape index (κ3) is 4.21. The van der Waals surface area contributed by atoms with Gasteiger partial charge in [-0.1, -0.05) is 18.2 Å². The number of ketones is 2. The Labute approximate surface area is 254 Å². The lowest BCUT2D eigenvalue weighted by Crippen LogP contribution is -2.65. The number of nitrogens with zero attached hydrogens (tertiary/aromatic N) is 2. The quantitative estimate of drug-likeness (QED) is 0.317. The largest absolute Gasteiger partial charge is 0.508 e. The monoisotopic (exact) mass is 603 g/mol. The Bertz CT molecular complexity index is 1670. The average molecular weight is 604 g/mol. The molecule has 11 nitrogen and oxygen atoms in total. The molecule has 3 aliphatic carbocycles. The first kappa shape index (κ1) is 29.7. The van der Waals surface area contributed by atoms with Gasteiger partial charge in [0, 0.05) is 37.2 Å². The van der Waals surface area contributed by atoms with Crippen LogP contribution in [-0.4, -0.2) is 89.2 Å². The van der Waals surface area contributed by atoms with Crippen molar-refractivity contribution >= 4 is 28.9 Å². The van der Waals surface area contributed by atoms with E-state index in [1.54, 1.807) is 14.1 Å². The number of aliphatic hydroxyl groups excluding tert-OH is 2. The molecule has 2 aromatic carbocycles. The Kier molecular flexibility index (Phi) is 7.01. The van der Waals surface area contributed by atoms with Crippen molar-refractivity contribution in [2.24, 2.45) is 23.5 Å². The molecular weight excluding hydrogens is 566 g/mol. The first-order valence-electron chi connectivity index (χ1n) is 14.7. The molecule has 6 rings (SSSR count). The maximum Gasteiger partial charge on any atom is 0.255 e. The van der Waals surface area contributed by atoms with Crippen LogP contribution in [0.1, 0.15) is 28.7 Å². The van der Waals surface area contributed by atoms with Crippen LogP contribution >= 0.6 is 0 Å². The highest BCUT2D eigenvalue weighted by Gasteiger charge is 2.64. The van der Waals surface area contributed by atoms with E-state index in [0.29, 0.717) is 24.2 Å². The Hall–Kier alpha value is -4.35. The van der Waals surface area contributed by atoms with Gasteiger partial charge in [0.05, 0.1) is 18.2 Å². The van der Waals surface area contributed by atoms with E-state index in [2.05, 4.69) is 0 Å². The second kappa shape index (κ2) is 10.4. The molecule has 2 aromatic rings. The van der Waals surface area contributed by atoms with Gasteiger partial charge in [0.2, 0.25) is 5.78 Å². The summed E-state index contributed by atoms with van der Waals surface area (Å²) in [6, 6.07) is 8.58. The maximum atomic E-state index is 14.2. The SMILES string of the molecule is CN(C)c1cc(CC2COc3ccccc3C2)c(O)c2c1C[C@H]1C[C@H]3C(N(C)C)C(=O)C(C(N)=O)=C(O)[C@@]3(O)C(=O)C1=C2O. The van der Waals surface area contributed by atoms with Crippen LogP contribution in [0, 0.1) is 17.8 Å². The first-order valence-corrected chi connectivity index (χ1v) is 14.7. The molecule has 4 aliphatic rings. The van der Waals surface area contributed by atoms with Crippen LogP contribution < -0.4 is 15.4 Å². The molecule has 232 valence electrons. The van der Waals surface area contributed by atoms with E-state index in [1.807, 2.05) is 49.3 Å². The van der Waals surface area contributed by atoms with E-state index in [9.17, 15) is 34.8 Å². The summed E-state index contributed by atoms with van der Waals surface area (Å²) in [5.74, 6) is -5.69. The molecule has 0 aromatic heterocycles. The molecule has 1 heterocycles. The Morgan fingerprint density at radius 1 is 1.09 bits per heavy atom. The number of rotatable bonds is 5. The van der Waals surface area contributed by atoms with Gasteiger partial charge in [0.1, 0.15) is 28.6 Å². The Morgan fingerprint density at radius 2 is 1.80 bits per heavy atom. The van der Waals surface area contributed by atoms with Gasteiger partial charge in [-0.3, -0.25) is 19.3 Å². The van der Waals surface area contributed by atoms with Crippen molar-refractivity contribution in [1.82, 2.24) is 4.90 Å². The minimum atomic E-state index is -2.67. The van der Waals surface area contributed by atoms with E-state index >= 15 is 0 Å². The van der Waals surface area contributed by atoms with E-state index in [-0.39, 0.29) is 35.6 Å². The third-order valence-electron chi connectivity index (χ3n) is 9.72. The molecule has 0 bridgehead atoms. The molecule has 0 spiro atoms. The van der Waals surface area contributed by atoms with Crippen molar-refractivity contribution in [3.8, 4) is 11.5 Å². The van der Waals surface area contributed by atoms with Crippen LogP contribution in [-0.2, 0) is 33.6 Å². The van der Waals surface area contributed by atoms with Gasteiger partial charge in [-0.05, 0) is 74.5 Å². The number of benzene rings is 2. The zero-order chi connectivity index (χ0) is 31.8. The number of aliphatic hydroxyl groups is 3. The van der Waals surface area contributed by atoms with Crippen molar-refractivity contribution in [2.75, 3.05) is 39.7 Å². The fourth-order valence-electron chi connectivity index (χ4n) is 7.73. The lowest BCUT2D eigenvalue weighted by atomic mass is 9.57. The van der Waals surface area contributed by atoms with Crippen molar-refractivity contribution in [3.05, 3.63) is 69.5 Å². The van der Waals surface area contributed by atoms with Crippen LogP contribution in [0.3, 0.4) is 0 Å². The molecular formula is C33H37N3O8. The number of hydrogen-bond donors (Lipinski definition) is 5. The molecule has 2 unspecified atom stereocenters. The van der Waals surface area contributed by atoms with Gasteiger partial charge in [-0.2, -0.15) is 0 Å². The molecule has 0 radical (unpaired) electrons. The third-order valence-corrected chi connectivity index (χ3v) is 9.72. The summed E-state index contributed by atoms with van der Waals surface area (Å²) >= 11 is 0. The lowest BCUT2D eigenvalue weighted by Gasteiger charge is -2.50. The number of ether oxygens (including phenoxy) is 1. The van der Waals surface area contributed by atoms with E-state index in [0.717, 1.165) is 23.4 Å². The number of nitrogens with two attached hydrogens (primary N) is 1. The summed E-state index contributed by atoms with van der Waals surface area (Å²) in [6.45, 7) is 0.451. The minimum Gasteiger partial charge on any atom is -0.508 e. The zero-order valence-electron chi connectivity index (χ0n) is 25.1. The summed E-state index contributed by atoms with van der Waals surface area (Å²) in [4.78, 5) is 43.1. The topological polar surface area (TPSA) is 174 Å².